The molecule has 0 radical (unpaired) electrons. The van der Waals surface area contributed by atoms with E-state index in [0.29, 0.717) is 24.0 Å². The number of hydrogen-bond acceptors (Lipinski definition) is 5. The number of fused-ring (bicyclic) bond motifs is 1. The van der Waals surface area contributed by atoms with E-state index in [-0.39, 0.29) is 24.1 Å². The summed E-state index contributed by atoms with van der Waals surface area (Å²) >= 11 is 1.27. The first kappa shape index (κ1) is 22.0. The maximum absolute atomic E-state index is 13.1. The van der Waals surface area contributed by atoms with E-state index >= 15 is 0 Å². The van der Waals surface area contributed by atoms with E-state index in [9.17, 15) is 14.0 Å². The normalized spacial score (nSPS) is 17.3. The number of halogens is 1. The number of nitrogens with zero attached hydrogens (tertiary/aromatic N) is 2. The Balaban J connectivity index is 1.55. The van der Waals surface area contributed by atoms with Crippen LogP contribution in [-0.2, 0) is 14.3 Å². The van der Waals surface area contributed by atoms with Crippen molar-refractivity contribution in [3.05, 3.63) is 72.5 Å². The lowest BCUT2D eigenvalue weighted by Crippen LogP contribution is -2.35. The Morgan fingerprint density at radius 2 is 1.88 bits per heavy atom. The number of rotatable bonds is 7. The van der Waals surface area contributed by atoms with Crippen LogP contribution in [0.5, 0.6) is 0 Å². The molecule has 1 saturated heterocycles. The van der Waals surface area contributed by atoms with Gasteiger partial charge in [0.1, 0.15) is 11.1 Å². The molecule has 0 bridgehead atoms. The third-order valence-corrected chi connectivity index (χ3v) is 6.20. The number of benzene rings is 3. The van der Waals surface area contributed by atoms with E-state index < -0.39 is 5.25 Å². The SMILES string of the molecule is COCCN1C(=O)C(CC(=O)Nc2ccc(F)cc2)SC1=Nc1cccc2ccccc12. The second-order valence-corrected chi connectivity index (χ2v) is 8.41. The fourth-order valence-electron chi connectivity index (χ4n) is 3.44. The molecule has 1 fully saturated rings. The molecule has 1 aliphatic heterocycles. The van der Waals surface area contributed by atoms with Crippen molar-refractivity contribution in [2.24, 2.45) is 4.99 Å². The van der Waals surface area contributed by atoms with Crippen LogP contribution in [0, 0.1) is 5.82 Å². The fourth-order valence-corrected chi connectivity index (χ4v) is 4.61. The van der Waals surface area contributed by atoms with Gasteiger partial charge >= 0.3 is 0 Å². The molecule has 2 amide bonds. The predicted octanol–water partition coefficient (Wildman–Crippen LogP) is 4.59. The zero-order chi connectivity index (χ0) is 22.5. The molecule has 3 aromatic carbocycles. The topological polar surface area (TPSA) is 71.0 Å². The smallest absolute Gasteiger partial charge is 0.242 e. The first-order chi connectivity index (χ1) is 15.5. The third kappa shape index (κ3) is 4.98. The first-order valence-electron chi connectivity index (χ1n) is 10.1. The van der Waals surface area contributed by atoms with E-state index in [2.05, 4.69) is 5.32 Å². The quantitative estimate of drug-likeness (QED) is 0.571. The number of carbonyl (C=O) groups is 2. The first-order valence-corrected chi connectivity index (χ1v) is 11.0. The Hall–Kier alpha value is -3.23. The minimum absolute atomic E-state index is 0.0150. The van der Waals surface area contributed by atoms with Crippen LogP contribution in [0.15, 0.2) is 71.7 Å². The second-order valence-electron chi connectivity index (χ2n) is 7.24. The number of ether oxygens (including phenoxy) is 1. The van der Waals surface area contributed by atoms with Crippen molar-refractivity contribution in [1.29, 1.82) is 0 Å². The number of hydrogen-bond donors (Lipinski definition) is 1. The highest BCUT2D eigenvalue weighted by atomic mass is 32.2. The number of methoxy groups -OCH3 is 1. The van der Waals surface area contributed by atoms with Gasteiger partial charge in [-0.15, -0.1) is 0 Å². The Morgan fingerprint density at radius 3 is 2.66 bits per heavy atom. The largest absolute Gasteiger partial charge is 0.383 e. The van der Waals surface area contributed by atoms with Gasteiger partial charge in [-0.2, -0.15) is 0 Å². The standard InChI is InChI=1S/C24H22FN3O3S/c1-31-14-13-28-23(30)21(15-22(29)26-18-11-9-17(25)10-12-18)32-24(28)27-20-8-4-6-16-5-2-3-7-19(16)20/h2-12,21H,13-15H2,1H3,(H,26,29). The molecule has 4 rings (SSSR count). The third-order valence-electron chi connectivity index (χ3n) is 5.02. The van der Waals surface area contributed by atoms with Crippen LogP contribution in [0.3, 0.4) is 0 Å². The molecular weight excluding hydrogens is 429 g/mol. The average molecular weight is 452 g/mol. The van der Waals surface area contributed by atoms with Crippen molar-refractivity contribution in [1.82, 2.24) is 4.90 Å². The molecule has 1 atom stereocenters. The minimum Gasteiger partial charge on any atom is -0.383 e. The number of carbonyl (C=O) groups excluding carboxylic acids is 2. The van der Waals surface area contributed by atoms with Crippen molar-refractivity contribution in [3.63, 3.8) is 0 Å². The Bertz CT molecular complexity index is 1160. The molecule has 0 spiro atoms. The van der Waals surface area contributed by atoms with Gasteiger partial charge in [0.25, 0.3) is 0 Å². The van der Waals surface area contributed by atoms with E-state index in [1.165, 1.54) is 36.0 Å². The monoisotopic (exact) mass is 451 g/mol. The van der Waals surface area contributed by atoms with E-state index in [4.69, 9.17) is 9.73 Å². The Labute approximate surface area is 189 Å². The van der Waals surface area contributed by atoms with Gasteiger partial charge in [-0.3, -0.25) is 14.5 Å². The van der Waals surface area contributed by atoms with E-state index in [1.807, 2.05) is 42.5 Å². The molecule has 6 nitrogen and oxygen atoms in total. The predicted molar refractivity (Wildman–Crippen MR) is 126 cm³/mol. The molecule has 8 heteroatoms. The number of amides is 2. The maximum Gasteiger partial charge on any atom is 0.242 e. The lowest BCUT2D eigenvalue weighted by Gasteiger charge is -2.16. The van der Waals surface area contributed by atoms with E-state index in [0.717, 1.165) is 16.5 Å². The summed E-state index contributed by atoms with van der Waals surface area (Å²) in [4.78, 5) is 31.9. The highest BCUT2D eigenvalue weighted by molar-refractivity contribution is 8.15. The molecule has 3 aromatic rings. The molecule has 1 N–H and O–H groups in total. The highest BCUT2D eigenvalue weighted by Crippen LogP contribution is 2.34. The van der Waals surface area contributed by atoms with Crippen LogP contribution in [0.25, 0.3) is 10.8 Å². The van der Waals surface area contributed by atoms with Crippen LogP contribution < -0.4 is 5.32 Å². The molecule has 1 aliphatic rings. The molecule has 0 aromatic heterocycles. The van der Waals surface area contributed by atoms with Gasteiger partial charge in [-0.1, -0.05) is 48.2 Å². The number of amidine groups is 1. The molecule has 1 heterocycles. The number of aliphatic imine (C=N–C) groups is 1. The second kappa shape index (κ2) is 9.93. The number of anilines is 1. The van der Waals surface area contributed by atoms with Crippen LogP contribution in [0.1, 0.15) is 6.42 Å². The lowest BCUT2D eigenvalue weighted by atomic mass is 10.1. The molecule has 32 heavy (non-hydrogen) atoms. The molecular formula is C24H22FN3O3S. The molecule has 164 valence electrons. The summed E-state index contributed by atoms with van der Waals surface area (Å²) in [7, 11) is 1.57. The van der Waals surface area contributed by atoms with Crippen LogP contribution in [0.4, 0.5) is 15.8 Å². The zero-order valence-corrected chi connectivity index (χ0v) is 18.3. The summed E-state index contributed by atoms with van der Waals surface area (Å²) in [6.07, 6.45) is -0.0150. The van der Waals surface area contributed by atoms with Gasteiger partial charge in [0.2, 0.25) is 11.8 Å². The number of nitrogens with one attached hydrogen (secondary N) is 1. The van der Waals surface area contributed by atoms with Gasteiger partial charge in [0.05, 0.1) is 18.8 Å². The van der Waals surface area contributed by atoms with Crippen molar-refractivity contribution in [2.45, 2.75) is 11.7 Å². The van der Waals surface area contributed by atoms with Crippen LogP contribution in [0.2, 0.25) is 0 Å². The minimum atomic E-state index is -0.596. The molecule has 1 unspecified atom stereocenters. The van der Waals surface area contributed by atoms with Crippen molar-refractivity contribution < 1.29 is 18.7 Å². The zero-order valence-electron chi connectivity index (χ0n) is 17.5. The highest BCUT2D eigenvalue weighted by Gasteiger charge is 2.39. The van der Waals surface area contributed by atoms with Crippen molar-refractivity contribution >= 4 is 50.9 Å². The van der Waals surface area contributed by atoms with Crippen molar-refractivity contribution in [2.75, 3.05) is 25.6 Å². The summed E-state index contributed by atoms with van der Waals surface area (Å²) < 4.78 is 18.2. The van der Waals surface area contributed by atoms with Gasteiger partial charge in [0.15, 0.2) is 5.17 Å². The summed E-state index contributed by atoms with van der Waals surface area (Å²) in [5.41, 5.74) is 1.24. The summed E-state index contributed by atoms with van der Waals surface area (Å²) in [5.74, 6) is -0.881. The Kier molecular flexibility index (Phi) is 6.82. The fraction of sp³-hybridized carbons (Fsp3) is 0.208. The van der Waals surface area contributed by atoms with Gasteiger partial charge in [-0.25, -0.2) is 9.38 Å². The molecule has 0 aliphatic carbocycles. The summed E-state index contributed by atoms with van der Waals surface area (Å²) in [5, 5.41) is 4.70. The van der Waals surface area contributed by atoms with Crippen LogP contribution >= 0.6 is 11.8 Å². The van der Waals surface area contributed by atoms with Gasteiger partial charge in [0, 0.05) is 24.6 Å². The van der Waals surface area contributed by atoms with E-state index in [1.54, 1.807) is 12.0 Å². The molecule has 0 saturated carbocycles. The maximum atomic E-state index is 13.1. The van der Waals surface area contributed by atoms with Crippen molar-refractivity contribution in [3.8, 4) is 0 Å². The lowest BCUT2D eigenvalue weighted by molar-refractivity contribution is -0.128. The van der Waals surface area contributed by atoms with Crippen LogP contribution in [-0.4, -0.2) is 47.4 Å². The number of thioether (sulfide) groups is 1. The summed E-state index contributed by atoms with van der Waals surface area (Å²) in [6.45, 7) is 0.706. The van der Waals surface area contributed by atoms with Gasteiger partial charge < -0.3 is 10.1 Å². The van der Waals surface area contributed by atoms with Gasteiger partial charge in [-0.05, 0) is 35.7 Å². The average Bonchev–Trinajstić information content (AvgIpc) is 3.08. The summed E-state index contributed by atoms with van der Waals surface area (Å²) in [6, 6.07) is 19.3. The Morgan fingerprint density at radius 1 is 1.12 bits per heavy atom.